The molecule has 1 aromatic heterocycles. The molecule has 2 unspecified atom stereocenters. The highest BCUT2D eigenvalue weighted by Gasteiger charge is 2.44. The van der Waals surface area contributed by atoms with Crippen LogP contribution in [0.25, 0.3) is 0 Å². The lowest BCUT2D eigenvalue weighted by atomic mass is 10.1. The number of aryl methyl sites for hydroxylation is 1. The van der Waals surface area contributed by atoms with Gasteiger partial charge in [0.1, 0.15) is 5.76 Å². The highest BCUT2D eigenvalue weighted by molar-refractivity contribution is 4.99. The quantitative estimate of drug-likeness (QED) is 0.797. The van der Waals surface area contributed by atoms with Gasteiger partial charge < -0.3 is 9.73 Å². The third-order valence-electron chi connectivity index (χ3n) is 3.83. The van der Waals surface area contributed by atoms with Crippen molar-refractivity contribution in [1.82, 2.24) is 5.32 Å². The van der Waals surface area contributed by atoms with Crippen molar-refractivity contribution >= 4 is 0 Å². The van der Waals surface area contributed by atoms with Crippen LogP contribution >= 0.6 is 0 Å². The normalized spacial score (nSPS) is 24.3. The van der Waals surface area contributed by atoms with Gasteiger partial charge in [-0.25, -0.2) is 0 Å². The fourth-order valence-corrected chi connectivity index (χ4v) is 2.18. The summed E-state index contributed by atoms with van der Waals surface area (Å²) in [6, 6.07) is 4.60. The minimum atomic E-state index is 0.585. The van der Waals surface area contributed by atoms with E-state index in [4.69, 9.17) is 4.42 Å². The molecular weight excluding hydrogens is 198 g/mol. The Morgan fingerprint density at radius 3 is 2.88 bits per heavy atom. The molecule has 1 fully saturated rings. The number of hydrogen-bond acceptors (Lipinski definition) is 2. The van der Waals surface area contributed by atoms with Gasteiger partial charge in [0.15, 0.2) is 0 Å². The highest BCUT2D eigenvalue weighted by atomic mass is 16.3. The summed E-state index contributed by atoms with van der Waals surface area (Å²) < 4.78 is 5.33. The van der Waals surface area contributed by atoms with Crippen LogP contribution in [0.4, 0.5) is 0 Å². The zero-order chi connectivity index (χ0) is 11.6. The molecule has 0 radical (unpaired) electrons. The average molecular weight is 221 g/mol. The van der Waals surface area contributed by atoms with E-state index in [0.717, 1.165) is 24.5 Å². The van der Waals surface area contributed by atoms with E-state index < -0.39 is 0 Å². The summed E-state index contributed by atoms with van der Waals surface area (Å²) in [7, 11) is 0. The van der Waals surface area contributed by atoms with Gasteiger partial charge in [0, 0.05) is 12.5 Å². The van der Waals surface area contributed by atoms with Gasteiger partial charge in [0.25, 0.3) is 0 Å². The van der Waals surface area contributed by atoms with Gasteiger partial charge in [0.05, 0.1) is 6.26 Å². The van der Waals surface area contributed by atoms with Crippen LogP contribution in [0.3, 0.4) is 0 Å². The van der Waals surface area contributed by atoms with Crippen LogP contribution in [0.5, 0.6) is 0 Å². The molecule has 1 aliphatic carbocycles. The Hall–Kier alpha value is -0.760. The van der Waals surface area contributed by atoms with Gasteiger partial charge >= 0.3 is 0 Å². The largest absolute Gasteiger partial charge is 0.469 e. The van der Waals surface area contributed by atoms with E-state index in [1.54, 1.807) is 6.26 Å². The minimum Gasteiger partial charge on any atom is -0.469 e. The predicted molar refractivity (Wildman–Crippen MR) is 66.4 cm³/mol. The first-order chi connectivity index (χ1) is 7.58. The van der Waals surface area contributed by atoms with Crippen LogP contribution in [0.15, 0.2) is 22.8 Å². The van der Waals surface area contributed by atoms with E-state index in [1.807, 2.05) is 6.07 Å². The average Bonchev–Trinajstić information content (AvgIpc) is 2.70. The molecule has 2 atom stereocenters. The lowest BCUT2D eigenvalue weighted by molar-refractivity contribution is 0.438. The molecule has 0 aliphatic heterocycles. The van der Waals surface area contributed by atoms with Crippen molar-refractivity contribution in [2.45, 2.75) is 46.1 Å². The van der Waals surface area contributed by atoms with Crippen LogP contribution in [-0.2, 0) is 6.42 Å². The van der Waals surface area contributed by atoms with Crippen molar-refractivity contribution in [3.63, 3.8) is 0 Å². The van der Waals surface area contributed by atoms with Crippen molar-refractivity contribution in [3.8, 4) is 0 Å². The van der Waals surface area contributed by atoms with Crippen molar-refractivity contribution in [2.75, 3.05) is 6.54 Å². The first-order valence-corrected chi connectivity index (χ1v) is 6.34. The Morgan fingerprint density at radius 2 is 2.31 bits per heavy atom. The summed E-state index contributed by atoms with van der Waals surface area (Å²) in [5.41, 5.74) is 0.591. The second-order valence-electron chi connectivity index (χ2n) is 5.82. The first kappa shape index (κ1) is 11.7. The molecule has 0 aromatic carbocycles. The van der Waals surface area contributed by atoms with Gasteiger partial charge in [-0.1, -0.05) is 13.8 Å². The molecule has 1 N–H and O–H groups in total. The molecule has 0 saturated heterocycles. The van der Waals surface area contributed by atoms with Gasteiger partial charge in [-0.3, -0.25) is 0 Å². The van der Waals surface area contributed by atoms with Gasteiger partial charge in [0.2, 0.25) is 0 Å². The molecule has 2 rings (SSSR count). The summed E-state index contributed by atoms with van der Waals surface area (Å²) in [4.78, 5) is 0. The second-order valence-corrected chi connectivity index (χ2v) is 5.82. The highest BCUT2D eigenvalue weighted by Crippen LogP contribution is 2.51. The standard InChI is InChI=1S/C14H23NO/c1-11(6-7-13-5-4-8-16-13)15-10-12-9-14(12,2)3/h4-5,8,11-12,15H,6-7,9-10H2,1-3H3. The SMILES string of the molecule is CC(CCc1ccco1)NCC1CC1(C)C. The predicted octanol–water partition coefficient (Wildman–Crippen LogP) is 3.24. The van der Waals surface area contributed by atoms with E-state index in [1.165, 1.54) is 13.0 Å². The van der Waals surface area contributed by atoms with E-state index >= 15 is 0 Å². The molecule has 2 heteroatoms. The molecule has 0 bridgehead atoms. The molecule has 0 spiro atoms. The van der Waals surface area contributed by atoms with E-state index in [-0.39, 0.29) is 0 Å². The Labute approximate surface area is 98.4 Å². The fourth-order valence-electron chi connectivity index (χ4n) is 2.18. The Morgan fingerprint density at radius 1 is 1.56 bits per heavy atom. The zero-order valence-electron chi connectivity index (χ0n) is 10.6. The maximum atomic E-state index is 5.33. The molecule has 1 saturated carbocycles. The van der Waals surface area contributed by atoms with Crippen molar-refractivity contribution < 1.29 is 4.42 Å². The molecule has 1 heterocycles. The van der Waals surface area contributed by atoms with Crippen LogP contribution in [0.1, 0.15) is 39.4 Å². The topological polar surface area (TPSA) is 25.2 Å². The van der Waals surface area contributed by atoms with Crippen LogP contribution in [0, 0.1) is 11.3 Å². The fraction of sp³-hybridized carbons (Fsp3) is 0.714. The second kappa shape index (κ2) is 4.62. The lowest BCUT2D eigenvalue weighted by Gasteiger charge is -2.13. The van der Waals surface area contributed by atoms with E-state index in [2.05, 4.69) is 32.2 Å². The monoisotopic (exact) mass is 221 g/mol. The van der Waals surface area contributed by atoms with Crippen LogP contribution < -0.4 is 5.32 Å². The van der Waals surface area contributed by atoms with E-state index in [0.29, 0.717) is 11.5 Å². The summed E-state index contributed by atoms with van der Waals surface area (Å²) in [6.07, 6.45) is 5.32. The maximum absolute atomic E-state index is 5.33. The Bertz CT molecular complexity index is 315. The van der Waals surface area contributed by atoms with Crippen molar-refractivity contribution in [1.29, 1.82) is 0 Å². The summed E-state index contributed by atoms with van der Waals surface area (Å²) >= 11 is 0. The first-order valence-electron chi connectivity index (χ1n) is 6.34. The summed E-state index contributed by atoms with van der Waals surface area (Å²) in [6.45, 7) is 8.14. The molecule has 1 aromatic rings. The third kappa shape index (κ3) is 3.11. The molecule has 2 nitrogen and oxygen atoms in total. The lowest BCUT2D eigenvalue weighted by Crippen LogP contribution is -2.29. The van der Waals surface area contributed by atoms with Crippen LogP contribution in [-0.4, -0.2) is 12.6 Å². The summed E-state index contributed by atoms with van der Waals surface area (Å²) in [5.74, 6) is 1.99. The smallest absolute Gasteiger partial charge is 0.103 e. The summed E-state index contributed by atoms with van der Waals surface area (Å²) in [5, 5.41) is 3.62. The number of hydrogen-bond donors (Lipinski definition) is 1. The van der Waals surface area contributed by atoms with Gasteiger partial charge in [-0.2, -0.15) is 0 Å². The Balaban J connectivity index is 1.60. The maximum Gasteiger partial charge on any atom is 0.103 e. The molecule has 16 heavy (non-hydrogen) atoms. The number of nitrogens with one attached hydrogen (secondary N) is 1. The molecule has 1 aliphatic rings. The van der Waals surface area contributed by atoms with E-state index in [9.17, 15) is 0 Å². The molecule has 0 amide bonds. The number of furan rings is 1. The van der Waals surface area contributed by atoms with Gasteiger partial charge in [-0.05, 0) is 49.8 Å². The minimum absolute atomic E-state index is 0.585. The zero-order valence-corrected chi connectivity index (χ0v) is 10.6. The van der Waals surface area contributed by atoms with Crippen molar-refractivity contribution in [3.05, 3.63) is 24.2 Å². The molecule has 90 valence electrons. The Kier molecular flexibility index (Phi) is 3.38. The third-order valence-corrected chi connectivity index (χ3v) is 3.83. The van der Waals surface area contributed by atoms with Gasteiger partial charge in [-0.15, -0.1) is 0 Å². The number of rotatable bonds is 6. The van der Waals surface area contributed by atoms with Crippen molar-refractivity contribution in [2.24, 2.45) is 11.3 Å². The van der Waals surface area contributed by atoms with Crippen LogP contribution in [0.2, 0.25) is 0 Å². The molecular formula is C14H23NO.